The van der Waals surface area contributed by atoms with E-state index in [1.165, 1.54) is 12.1 Å². The van der Waals surface area contributed by atoms with Crippen molar-refractivity contribution in [1.82, 2.24) is 20.5 Å². The zero-order chi connectivity index (χ0) is 20.5. The first-order valence-electron chi connectivity index (χ1n) is 9.24. The summed E-state index contributed by atoms with van der Waals surface area (Å²) in [4.78, 5) is 26.7. The van der Waals surface area contributed by atoms with Crippen LogP contribution in [-0.4, -0.2) is 34.2 Å². The number of benzene rings is 2. The fraction of sp³-hybridized carbons (Fsp3) is 0.238. The number of carbonyl (C=O) groups is 1. The van der Waals surface area contributed by atoms with E-state index in [1.54, 1.807) is 12.1 Å². The molecule has 0 spiro atoms. The molecule has 2 N–H and O–H groups in total. The molecule has 0 aliphatic carbocycles. The molecule has 3 aromatic rings. The Morgan fingerprint density at radius 3 is 2.55 bits per heavy atom. The van der Waals surface area contributed by atoms with Crippen LogP contribution in [0.25, 0.3) is 0 Å². The Bertz CT molecular complexity index is 991. The van der Waals surface area contributed by atoms with E-state index in [2.05, 4.69) is 20.5 Å². The summed E-state index contributed by atoms with van der Waals surface area (Å²) in [7, 11) is 0. The molecule has 1 amide bonds. The number of nitrogens with one attached hydrogen (secondary N) is 2. The standard InChI is InChI=1S/C21H21FN4O3/c22-16-8-6-15(7-9-16)14-19-24-21(28)18(25-26-19)10-11-20(27)23-12-13-29-17-4-2-1-3-5-17/h1-9H,10-14H2,(H,23,27)(H,24,26,28). The largest absolute Gasteiger partial charge is 0.492 e. The number of aryl methyl sites for hydroxylation is 1. The van der Waals surface area contributed by atoms with Crippen molar-refractivity contribution in [3.8, 4) is 5.75 Å². The predicted molar refractivity (Wildman–Crippen MR) is 105 cm³/mol. The molecule has 0 radical (unpaired) electrons. The lowest BCUT2D eigenvalue weighted by Crippen LogP contribution is -2.29. The summed E-state index contributed by atoms with van der Waals surface area (Å²) in [5.41, 5.74) is 0.627. The number of aromatic nitrogens is 3. The van der Waals surface area contributed by atoms with Gasteiger partial charge in [-0.15, -0.1) is 10.2 Å². The highest BCUT2D eigenvalue weighted by Gasteiger charge is 2.09. The van der Waals surface area contributed by atoms with Gasteiger partial charge in [-0.05, 0) is 29.8 Å². The number of rotatable bonds is 9. The van der Waals surface area contributed by atoms with E-state index in [1.807, 2.05) is 30.3 Å². The highest BCUT2D eigenvalue weighted by molar-refractivity contribution is 5.76. The van der Waals surface area contributed by atoms with Crippen LogP contribution < -0.4 is 15.6 Å². The molecule has 2 aromatic carbocycles. The van der Waals surface area contributed by atoms with E-state index < -0.39 is 0 Å². The topological polar surface area (TPSA) is 97.0 Å². The Kier molecular flexibility index (Phi) is 7.05. The maximum Gasteiger partial charge on any atom is 0.272 e. The molecule has 0 saturated carbocycles. The first kappa shape index (κ1) is 20.2. The Morgan fingerprint density at radius 1 is 1.07 bits per heavy atom. The Morgan fingerprint density at radius 2 is 1.83 bits per heavy atom. The second-order valence-corrected chi connectivity index (χ2v) is 6.36. The zero-order valence-corrected chi connectivity index (χ0v) is 15.7. The smallest absolute Gasteiger partial charge is 0.272 e. The summed E-state index contributed by atoms with van der Waals surface area (Å²) < 4.78 is 18.4. The molecule has 0 saturated heterocycles. The number of para-hydroxylation sites is 1. The third-order valence-electron chi connectivity index (χ3n) is 4.12. The number of H-pyrrole nitrogens is 1. The summed E-state index contributed by atoms with van der Waals surface area (Å²) in [6, 6.07) is 15.3. The molecule has 0 atom stereocenters. The molecule has 0 aliphatic heterocycles. The van der Waals surface area contributed by atoms with Crippen LogP contribution in [0.1, 0.15) is 23.5 Å². The zero-order valence-electron chi connectivity index (χ0n) is 15.7. The van der Waals surface area contributed by atoms with Crippen molar-refractivity contribution in [3.63, 3.8) is 0 Å². The van der Waals surface area contributed by atoms with Crippen LogP contribution >= 0.6 is 0 Å². The first-order valence-corrected chi connectivity index (χ1v) is 9.24. The van der Waals surface area contributed by atoms with Crippen LogP contribution in [0.3, 0.4) is 0 Å². The molecule has 0 bridgehead atoms. The molecule has 1 heterocycles. The molecule has 0 aliphatic rings. The van der Waals surface area contributed by atoms with Gasteiger partial charge in [0, 0.05) is 19.3 Å². The van der Waals surface area contributed by atoms with Crippen LogP contribution in [0.2, 0.25) is 0 Å². The predicted octanol–water partition coefficient (Wildman–Crippen LogP) is 2.02. The highest BCUT2D eigenvalue weighted by Crippen LogP contribution is 2.07. The molecule has 3 rings (SSSR count). The summed E-state index contributed by atoms with van der Waals surface area (Å²) >= 11 is 0. The number of ether oxygens (including phenoxy) is 1. The third kappa shape index (κ3) is 6.53. The molecule has 7 nitrogen and oxygen atoms in total. The van der Waals surface area contributed by atoms with Crippen molar-refractivity contribution >= 4 is 5.91 Å². The number of amides is 1. The maximum atomic E-state index is 12.9. The number of hydrogen-bond donors (Lipinski definition) is 2. The van der Waals surface area contributed by atoms with Crippen molar-refractivity contribution in [1.29, 1.82) is 0 Å². The highest BCUT2D eigenvalue weighted by atomic mass is 19.1. The molecule has 29 heavy (non-hydrogen) atoms. The molecular formula is C21H21FN4O3. The van der Waals surface area contributed by atoms with Gasteiger partial charge in [-0.25, -0.2) is 4.39 Å². The van der Waals surface area contributed by atoms with Crippen LogP contribution in [0, 0.1) is 5.82 Å². The van der Waals surface area contributed by atoms with Crippen molar-refractivity contribution < 1.29 is 13.9 Å². The molecular weight excluding hydrogens is 375 g/mol. The van der Waals surface area contributed by atoms with Gasteiger partial charge >= 0.3 is 0 Å². The fourth-order valence-corrected chi connectivity index (χ4v) is 2.63. The van der Waals surface area contributed by atoms with Gasteiger partial charge in [0.15, 0.2) is 0 Å². The lowest BCUT2D eigenvalue weighted by atomic mass is 10.1. The van der Waals surface area contributed by atoms with Gasteiger partial charge in [-0.3, -0.25) is 9.59 Å². The number of carbonyl (C=O) groups excluding carboxylic acids is 1. The van der Waals surface area contributed by atoms with E-state index in [0.29, 0.717) is 25.4 Å². The van der Waals surface area contributed by atoms with Crippen molar-refractivity contribution in [2.75, 3.05) is 13.2 Å². The van der Waals surface area contributed by atoms with Crippen LogP contribution in [0.5, 0.6) is 5.75 Å². The van der Waals surface area contributed by atoms with E-state index in [9.17, 15) is 14.0 Å². The van der Waals surface area contributed by atoms with E-state index in [4.69, 9.17) is 4.74 Å². The van der Waals surface area contributed by atoms with E-state index in [-0.39, 0.29) is 35.8 Å². The quantitative estimate of drug-likeness (QED) is 0.540. The SMILES string of the molecule is O=C(CCc1nnc(Cc2ccc(F)cc2)[nH]c1=O)NCCOc1ccccc1. The lowest BCUT2D eigenvalue weighted by molar-refractivity contribution is -0.121. The minimum Gasteiger partial charge on any atom is -0.492 e. The first-order chi connectivity index (χ1) is 14.1. The Balaban J connectivity index is 1.42. The van der Waals surface area contributed by atoms with Crippen molar-refractivity contribution in [2.24, 2.45) is 0 Å². The van der Waals surface area contributed by atoms with Gasteiger partial charge in [0.1, 0.15) is 29.7 Å². The second kappa shape index (κ2) is 10.1. The second-order valence-electron chi connectivity index (χ2n) is 6.36. The average Bonchev–Trinajstić information content (AvgIpc) is 2.73. The lowest BCUT2D eigenvalue weighted by Gasteiger charge is -2.07. The Hall–Kier alpha value is -3.55. The number of halogens is 1. The van der Waals surface area contributed by atoms with Gasteiger partial charge < -0.3 is 15.0 Å². The number of nitrogens with zero attached hydrogens (tertiary/aromatic N) is 2. The minimum absolute atomic E-state index is 0.125. The van der Waals surface area contributed by atoms with E-state index in [0.717, 1.165) is 11.3 Å². The van der Waals surface area contributed by atoms with Crippen molar-refractivity contribution in [3.05, 3.63) is 87.9 Å². The fourth-order valence-electron chi connectivity index (χ4n) is 2.63. The summed E-state index contributed by atoms with van der Waals surface area (Å²) in [6.07, 6.45) is 0.648. The van der Waals surface area contributed by atoms with Gasteiger partial charge in [0.2, 0.25) is 5.91 Å². The summed E-state index contributed by atoms with van der Waals surface area (Å²) in [5, 5.41) is 10.7. The van der Waals surface area contributed by atoms with Crippen LogP contribution in [0.4, 0.5) is 4.39 Å². The Labute approximate surface area is 167 Å². The van der Waals surface area contributed by atoms with E-state index >= 15 is 0 Å². The van der Waals surface area contributed by atoms with Gasteiger partial charge in [0.05, 0.1) is 6.54 Å². The van der Waals surface area contributed by atoms with Gasteiger partial charge in [-0.1, -0.05) is 30.3 Å². The van der Waals surface area contributed by atoms with Crippen LogP contribution in [0.15, 0.2) is 59.4 Å². The van der Waals surface area contributed by atoms with Gasteiger partial charge in [-0.2, -0.15) is 0 Å². The van der Waals surface area contributed by atoms with Crippen LogP contribution in [-0.2, 0) is 17.6 Å². The molecule has 150 valence electrons. The monoisotopic (exact) mass is 396 g/mol. The molecule has 1 aromatic heterocycles. The molecule has 8 heteroatoms. The molecule has 0 unspecified atom stereocenters. The van der Waals surface area contributed by atoms with Crippen molar-refractivity contribution in [2.45, 2.75) is 19.3 Å². The summed E-state index contributed by atoms with van der Waals surface area (Å²) in [5.74, 6) is 0.601. The third-order valence-corrected chi connectivity index (χ3v) is 4.12. The summed E-state index contributed by atoms with van der Waals surface area (Å²) in [6.45, 7) is 0.723. The minimum atomic E-state index is -0.377. The van der Waals surface area contributed by atoms with Gasteiger partial charge in [0.25, 0.3) is 5.56 Å². The number of hydrogen-bond acceptors (Lipinski definition) is 5. The number of aromatic amines is 1. The normalized spacial score (nSPS) is 10.5. The molecule has 0 fully saturated rings. The maximum absolute atomic E-state index is 12.9. The average molecular weight is 396 g/mol.